The summed E-state index contributed by atoms with van der Waals surface area (Å²) in [5, 5.41) is 0. The van der Waals surface area contributed by atoms with E-state index in [-0.39, 0.29) is 0 Å². The molecule has 0 radical (unpaired) electrons. The van der Waals surface area contributed by atoms with E-state index in [2.05, 4.69) is 0 Å². The van der Waals surface area contributed by atoms with Gasteiger partial charge in [0.05, 0.1) is 11.0 Å². The Morgan fingerprint density at radius 1 is 1.22 bits per heavy atom. The second-order valence-electron chi connectivity index (χ2n) is 2.41. The molecule has 0 N–H and O–H groups in total. The summed E-state index contributed by atoms with van der Waals surface area (Å²) < 4.78 is 12.9. The van der Waals surface area contributed by atoms with Gasteiger partial charge in [0.15, 0.2) is 0 Å². The summed E-state index contributed by atoms with van der Waals surface area (Å²) in [6.45, 7) is 2.06. The van der Waals surface area contributed by atoms with Gasteiger partial charge in [0.2, 0.25) is 0 Å². The zero-order valence-corrected chi connectivity index (χ0v) is 6.62. The summed E-state index contributed by atoms with van der Waals surface area (Å²) >= 11 is 0. The van der Waals surface area contributed by atoms with E-state index in [0.29, 0.717) is 0 Å². The van der Waals surface area contributed by atoms with E-state index in [0.717, 1.165) is 13.1 Å². The molecule has 1 aliphatic heterocycles. The van der Waals surface area contributed by atoms with Crippen molar-refractivity contribution in [1.82, 2.24) is 4.31 Å². The minimum atomic E-state index is -0.719. The van der Waals surface area contributed by atoms with Crippen molar-refractivity contribution in [2.24, 2.45) is 0 Å². The monoisotopic (exact) mass is 147 g/mol. The molecule has 1 aliphatic rings. The standard InChI is InChI=1S/C6H13NOS/c1-9(8)7-5-3-2-4-6-7/h2-6H2,1H3. The van der Waals surface area contributed by atoms with Crippen LogP contribution < -0.4 is 0 Å². The topological polar surface area (TPSA) is 20.3 Å². The molecule has 0 aromatic carbocycles. The first kappa shape index (κ1) is 7.22. The van der Waals surface area contributed by atoms with Gasteiger partial charge < -0.3 is 0 Å². The summed E-state index contributed by atoms with van der Waals surface area (Å²) in [6, 6.07) is 0. The number of nitrogens with zero attached hydrogens (tertiary/aromatic N) is 1. The third-order valence-electron chi connectivity index (χ3n) is 1.68. The summed E-state index contributed by atoms with van der Waals surface area (Å²) in [5.74, 6) is 0. The fraction of sp³-hybridized carbons (Fsp3) is 1.00. The minimum Gasteiger partial charge on any atom is -0.243 e. The molecule has 1 saturated heterocycles. The highest BCUT2D eigenvalue weighted by Gasteiger charge is 2.11. The van der Waals surface area contributed by atoms with Crippen molar-refractivity contribution in [3.8, 4) is 0 Å². The molecule has 2 nitrogen and oxygen atoms in total. The summed E-state index contributed by atoms with van der Waals surface area (Å²) in [7, 11) is -0.719. The predicted octanol–water partition coefficient (Wildman–Crippen LogP) is 0.766. The molecular weight excluding hydrogens is 134 g/mol. The second kappa shape index (κ2) is 3.32. The lowest BCUT2D eigenvalue weighted by Gasteiger charge is -2.22. The first-order valence-electron chi connectivity index (χ1n) is 3.39. The fourth-order valence-corrected chi connectivity index (χ4v) is 1.89. The van der Waals surface area contributed by atoms with E-state index >= 15 is 0 Å². The van der Waals surface area contributed by atoms with Crippen LogP contribution in [-0.2, 0) is 11.0 Å². The molecule has 1 atom stereocenters. The highest BCUT2D eigenvalue weighted by atomic mass is 32.2. The molecule has 9 heavy (non-hydrogen) atoms. The molecule has 0 spiro atoms. The van der Waals surface area contributed by atoms with Gasteiger partial charge in [-0.25, -0.2) is 8.51 Å². The number of hydrogen-bond donors (Lipinski definition) is 0. The van der Waals surface area contributed by atoms with Crippen molar-refractivity contribution in [1.29, 1.82) is 0 Å². The Kier molecular flexibility index (Phi) is 2.66. The smallest absolute Gasteiger partial charge is 0.0910 e. The van der Waals surface area contributed by atoms with Gasteiger partial charge in [-0.1, -0.05) is 6.42 Å². The van der Waals surface area contributed by atoms with Gasteiger partial charge in [0.1, 0.15) is 0 Å². The lowest BCUT2D eigenvalue weighted by molar-refractivity contribution is 0.367. The van der Waals surface area contributed by atoms with Gasteiger partial charge in [0, 0.05) is 19.3 Å². The van der Waals surface area contributed by atoms with E-state index in [1.54, 1.807) is 6.26 Å². The van der Waals surface area contributed by atoms with E-state index < -0.39 is 11.0 Å². The van der Waals surface area contributed by atoms with Crippen LogP contribution in [0.5, 0.6) is 0 Å². The van der Waals surface area contributed by atoms with Gasteiger partial charge in [-0.3, -0.25) is 0 Å². The van der Waals surface area contributed by atoms with E-state index in [1.165, 1.54) is 19.3 Å². The van der Waals surface area contributed by atoms with Crippen molar-refractivity contribution in [2.75, 3.05) is 19.3 Å². The average molecular weight is 147 g/mol. The van der Waals surface area contributed by atoms with Crippen LogP contribution in [0.3, 0.4) is 0 Å². The van der Waals surface area contributed by atoms with Gasteiger partial charge in [0.25, 0.3) is 0 Å². The zero-order chi connectivity index (χ0) is 6.69. The average Bonchev–Trinajstić information content (AvgIpc) is 1.90. The number of piperidine rings is 1. The quantitative estimate of drug-likeness (QED) is 0.536. The Bertz CT molecular complexity index is 110. The van der Waals surface area contributed by atoms with Crippen molar-refractivity contribution in [2.45, 2.75) is 19.3 Å². The normalized spacial score (nSPS) is 25.9. The second-order valence-corrected chi connectivity index (χ2v) is 3.78. The van der Waals surface area contributed by atoms with Crippen LogP contribution in [-0.4, -0.2) is 27.9 Å². The summed E-state index contributed by atoms with van der Waals surface area (Å²) in [6.07, 6.45) is 5.51. The van der Waals surface area contributed by atoms with Gasteiger partial charge >= 0.3 is 0 Å². The summed E-state index contributed by atoms with van der Waals surface area (Å²) in [4.78, 5) is 0. The molecule has 0 aromatic heterocycles. The molecule has 0 amide bonds. The Morgan fingerprint density at radius 2 is 1.78 bits per heavy atom. The molecule has 1 rings (SSSR count). The maximum Gasteiger partial charge on any atom is 0.0910 e. The highest BCUT2D eigenvalue weighted by molar-refractivity contribution is 7.81. The van der Waals surface area contributed by atoms with Crippen LogP contribution in [0.25, 0.3) is 0 Å². The predicted molar refractivity (Wildman–Crippen MR) is 39.5 cm³/mol. The van der Waals surface area contributed by atoms with E-state index in [1.807, 2.05) is 4.31 Å². The molecule has 1 unspecified atom stereocenters. The molecule has 0 saturated carbocycles. The fourth-order valence-electron chi connectivity index (χ4n) is 1.12. The van der Waals surface area contributed by atoms with Crippen molar-refractivity contribution in [3.05, 3.63) is 0 Å². The van der Waals surface area contributed by atoms with Crippen molar-refractivity contribution < 1.29 is 4.21 Å². The molecule has 1 heterocycles. The lowest BCUT2D eigenvalue weighted by Crippen LogP contribution is -2.30. The summed E-state index contributed by atoms with van der Waals surface area (Å²) in [5.41, 5.74) is 0. The van der Waals surface area contributed by atoms with Gasteiger partial charge in [-0.15, -0.1) is 0 Å². The van der Waals surface area contributed by atoms with E-state index in [4.69, 9.17) is 0 Å². The maximum atomic E-state index is 10.8. The Labute approximate surface area is 58.8 Å². The third kappa shape index (κ3) is 2.06. The van der Waals surface area contributed by atoms with E-state index in [9.17, 15) is 4.21 Å². The maximum absolute atomic E-state index is 10.8. The Hall–Kier alpha value is 0.110. The van der Waals surface area contributed by atoms with Crippen molar-refractivity contribution >= 4 is 11.0 Å². The highest BCUT2D eigenvalue weighted by Crippen LogP contribution is 2.08. The van der Waals surface area contributed by atoms with Gasteiger partial charge in [-0.2, -0.15) is 0 Å². The van der Waals surface area contributed by atoms with Crippen LogP contribution in [0.1, 0.15) is 19.3 Å². The van der Waals surface area contributed by atoms with Gasteiger partial charge in [-0.05, 0) is 12.8 Å². The van der Waals surface area contributed by atoms with Crippen LogP contribution >= 0.6 is 0 Å². The number of rotatable bonds is 1. The first-order chi connectivity index (χ1) is 4.30. The van der Waals surface area contributed by atoms with Crippen LogP contribution in [0.15, 0.2) is 0 Å². The van der Waals surface area contributed by atoms with Crippen molar-refractivity contribution in [3.63, 3.8) is 0 Å². The molecule has 3 heteroatoms. The molecule has 0 aliphatic carbocycles. The molecule has 0 aromatic rings. The van der Waals surface area contributed by atoms with Crippen LogP contribution in [0.4, 0.5) is 0 Å². The van der Waals surface area contributed by atoms with Crippen LogP contribution in [0.2, 0.25) is 0 Å². The first-order valence-corrected chi connectivity index (χ1v) is 4.90. The SMILES string of the molecule is CS(=O)N1CCCCC1. The van der Waals surface area contributed by atoms with Crippen LogP contribution in [0, 0.1) is 0 Å². The number of hydrogen-bond acceptors (Lipinski definition) is 1. The molecule has 54 valence electrons. The largest absolute Gasteiger partial charge is 0.243 e. The molecule has 0 bridgehead atoms. The third-order valence-corrected chi connectivity index (χ3v) is 2.77. The minimum absolute atomic E-state index is 0.719. The molecular formula is C6H13NOS. The Morgan fingerprint density at radius 3 is 2.11 bits per heavy atom. The Balaban J connectivity index is 2.31. The molecule has 1 fully saturated rings. The zero-order valence-electron chi connectivity index (χ0n) is 5.80. The lowest BCUT2D eigenvalue weighted by atomic mass is 10.2.